The van der Waals surface area contributed by atoms with Crippen molar-refractivity contribution in [3.05, 3.63) is 18.2 Å². The highest BCUT2D eigenvalue weighted by Gasteiger charge is 2.08. The summed E-state index contributed by atoms with van der Waals surface area (Å²) in [6, 6.07) is 0.246. The number of aryl methyl sites for hydroxylation is 1. The van der Waals surface area contributed by atoms with Crippen LogP contribution in [-0.2, 0) is 13.0 Å². The second-order valence-corrected chi connectivity index (χ2v) is 4.77. The van der Waals surface area contributed by atoms with E-state index < -0.39 is 0 Å². The molecule has 0 saturated heterocycles. The molecule has 0 aliphatic rings. The molecule has 0 spiro atoms. The lowest BCUT2D eigenvalue weighted by Crippen LogP contribution is -2.25. The number of nitrogens with two attached hydrogens (primary N) is 1. The number of nitrogens with zero attached hydrogens (tertiary/aromatic N) is 2. The average molecular weight is 227 g/mol. The fraction of sp³-hybridized carbons (Fsp3) is 0.727. The van der Waals surface area contributed by atoms with Gasteiger partial charge in [0.15, 0.2) is 0 Å². The first-order valence-electron chi connectivity index (χ1n) is 5.52. The highest BCUT2D eigenvalue weighted by Crippen LogP contribution is 2.06. The summed E-state index contributed by atoms with van der Waals surface area (Å²) in [6.45, 7) is 3.22. The number of imidazole rings is 1. The molecule has 0 fully saturated rings. The van der Waals surface area contributed by atoms with Gasteiger partial charge in [0.1, 0.15) is 5.82 Å². The van der Waals surface area contributed by atoms with Crippen molar-refractivity contribution in [3.63, 3.8) is 0 Å². The van der Waals surface area contributed by atoms with Gasteiger partial charge in [-0.2, -0.15) is 11.8 Å². The molecule has 0 aliphatic carbocycles. The summed E-state index contributed by atoms with van der Waals surface area (Å²) >= 11 is 1.85. The predicted molar refractivity (Wildman–Crippen MR) is 67.2 cm³/mol. The van der Waals surface area contributed by atoms with Crippen molar-refractivity contribution in [3.8, 4) is 0 Å². The van der Waals surface area contributed by atoms with Crippen LogP contribution in [0, 0.1) is 0 Å². The second kappa shape index (κ2) is 6.90. The van der Waals surface area contributed by atoms with Crippen LogP contribution < -0.4 is 5.73 Å². The molecule has 1 heterocycles. The molecule has 0 radical (unpaired) electrons. The van der Waals surface area contributed by atoms with E-state index in [9.17, 15) is 0 Å². The molecule has 86 valence electrons. The van der Waals surface area contributed by atoms with Crippen molar-refractivity contribution in [1.82, 2.24) is 9.55 Å². The minimum atomic E-state index is 0.246. The van der Waals surface area contributed by atoms with Gasteiger partial charge in [0.25, 0.3) is 0 Å². The third-order valence-electron chi connectivity index (χ3n) is 2.40. The molecular formula is C11H21N3S. The Balaban J connectivity index is 2.44. The molecule has 1 rings (SSSR count). The monoisotopic (exact) mass is 227 g/mol. The lowest BCUT2D eigenvalue weighted by molar-refractivity contribution is 0.577. The van der Waals surface area contributed by atoms with Gasteiger partial charge >= 0.3 is 0 Å². The van der Waals surface area contributed by atoms with Gasteiger partial charge in [0.05, 0.1) is 0 Å². The first kappa shape index (κ1) is 12.6. The second-order valence-electron chi connectivity index (χ2n) is 3.78. The van der Waals surface area contributed by atoms with Crippen molar-refractivity contribution >= 4 is 11.8 Å². The van der Waals surface area contributed by atoms with E-state index in [0.29, 0.717) is 0 Å². The molecule has 1 unspecified atom stereocenters. The Morgan fingerprint density at radius 3 is 3.07 bits per heavy atom. The Kier molecular flexibility index (Phi) is 5.79. The number of aromatic nitrogens is 2. The largest absolute Gasteiger partial charge is 0.335 e. The van der Waals surface area contributed by atoms with Gasteiger partial charge in [0, 0.05) is 31.4 Å². The van der Waals surface area contributed by atoms with Crippen LogP contribution in [0.5, 0.6) is 0 Å². The number of thioether (sulfide) groups is 1. The number of rotatable bonds is 7. The minimum absolute atomic E-state index is 0.246. The van der Waals surface area contributed by atoms with Gasteiger partial charge < -0.3 is 10.3 Å². The van der Waals surface area contributed by atoms with Gasteiger partial charge in [0.2, 0.25) is 0 Å². The molecule has 4 heteroatoms. The highest BCUT2D eigenvalue weighted by atomic mass is 32.2. The van der Waals surface area contributed by atoms with Crippen LogP contribution in [0.4, 0.5) is 0 Å². The summed E-state index contributed by atoms with van der Waals surface area (Å²) in [5.41, 5.74) is 6.05. The van der Waals surface area contributed by atoms with Crippen LogP contribution in [-0.4, -0.2) is 27.6 Å². The molecule has 1 atom stereocenters. The zero-order chi connectivity index (χ0) is 11.1. The molecule has 0 aliphatic heterocycles. The first-order chi connectivity index (χ1) is 7.27. The topological polar surface area (TPSA) is 43.8 Å². The van der Waals surface area contributed by atoms with Crippen molar-refractivity contribution in [1.29, 1.82) is 0 Å². The van der Waals surface area contributed by atoms with E-state index in [0.717, 1.165) is 37.4 Å². The van der Waals surface area contributed by atoms with Crippen LogP contribution >= 0.6 is 11.8 Å². The van der Waals surface area contributed by atoms with Crippen LogP contribution in [0.3, 0.4) is 0 Å². The molecule has 0 amide bonds. The smallest absolute Gasteiger partial charge is 0.110 e. The first-order valence-corrected chi connectivity index (χ1v) is 6.91. The maximum absolute atomic E-state index is 6.05. The zero-order valence-electron chi connectivity index (χ0n) is 9.65. The Labute approximate surface area is 96.5 Å². The van der Waals surface area contributed by atoms with Gasteiger partial charge in [-0.1, -0.05) is 6.92 Å². The minimum Gasteiger partial charge on any atom is -0.335 e. The molecule has 15 heavy (non-hydrogen) atoms. The van der Waals surface area contributed by atoms with E-state index in [1.165, 1.54) is 0 Å². The summed E-state index contributed by atoms with van der Waals surface area (Å²) in [5, 5.41) is 0. The van der Waals surface area contributed by atoms with Crippen molar-refractivity contribution in [2.24, 2.45) is 5.73 Å². The molecular weight excluding hydrogens is 206 g/mol. The van der Waals surface area contributed by atoms with Crippen molar-refractivity contribution < 1.29 is 0 Å². The fourth-order valence-electron chi connectivity index (χ4n) is 1.58. The maximum atomic E-state index is 6.05. The normalized spacial score (nSPS) is 13.0. The summed E-state index contributed by atoms with van der Waals surface area (Å²) in [5.74, 6) is 2.26. The van der Waals surface area contributed by atoms with E-state index in [1.807, 2.05) is 24.2 Å². The zero-order valence-corrected chi connectivity index (χ0v) is 10.5. The van der Waals surface area contributed by atoms with Gasteiger partial charge in [-0.05, 0) is 24.9 Å². The van der Waals surface area contributed by atoms with E-state index in [-0.39, 0.29) is 6.04 Å². The van der Waals surface area contributed by atoms with Crippen molar-refractivity contribution in [2.45, 2.75) is 38.8 Å². The van der Waals surface area contributed by atoms with E-state index >= 15 is 0 Å². The molecule has 3 nitrogen and oxygen atoms in total. The van der Waals surface area contributed by atoms with E-state index in [1.54, 1.807) is 0 Å². The highest BCUT2D eigenvalue weighted by molar-refractivity contribution is 7.98. The Bertz CT molecular complexity index is 273. The summed E-state index contributed by atoms with van der Waals surface area (Å²) in [6.07, 6.45) is 9.13. The third kappa shape index (κ3) is 4.26. The van der Waals surface area contributed by atoms with Crippen LogP contribution in [0.1, 0.15) is 25.6 Å². The van der Waals surface area contributed by atoms with E-state index in [4.69, 9.17) is 5.73 Å². The maximum Gasteiger partial charge on any atom is 0.110 e. The molecule has 2 N–H and O–H groups in total. The summed E-state index contributed by atoms with van der Waals surface area (Å²) in [4.78, 5) is 4.36. The fourth-order valence-corrected chi connectivity index (χ4v) is 2.12. The number of hydrogen-bond acceptors (Lipinski definition) is 3. The van der Waals surface area contributed by atoms with Crippen LogP contribution in [0.15, 0.2) is 12.4 Å². The Morgan fingerprint density at radius 2 is 2.40 bits per heavy atom. The molecule has 0 aromatic carbocycles. The molecule has 1 aromatic heterocycles. The Hall–Kier alpha value is -0.480. The summed E-state index contributed by atoms with van der Waals surface area (Å²) in [7, 11) is 0. The average Bonchev–Trinajstić information content (AvgIpc) is 2.63. The third-order valence-corrected chi connectivity index (χ3v) is 3.05. The van der Waals surface area contributed by atoms with Gasteiger partial charge in [-0.15, -0.1) is 0 Å². The lowest BCUT2D eigenvalue weighted by atomic mass is 10.1. The molecule has 0 bridgehead atoms. The van der Waals surface area contributed by atoms with Gasteiger partial charge in [-0.3, -0.25) is 0 Å². The lowest BCUT2D eigenvalue weighted by Gasteiger charge is -2.11. The standard InChI is InChI=1S/C11H21N3S/c1-3-6-14-7-5-13-11(14)9-10(12)4-8-15-2/h5,7,10H,3-4,6,8-9,12H2,1-2H3. The molecule has 1 aromatic rings. The van der Waals surface area contributed by atoms with E-state index in [2.05, 4.69) is 22.7 Å². The SMILES string of the molecule is CCCn1ccnc1CC(N)CCSC. The molecule has 0 saturated carbocycles. The van der Waals surface area contributed by atoms with Crippen LogP contribution in [0.2, 0.25) is 0 Å². The number of hydrogen-bond donors (Lipinski definition) is 1. The predicted octanol–water partition coefficient (Wildman–Crippen LogP) is 1.92. The quantitative estimate of drug-likeness (QED) is 0.774. The van der Waals surface area contributed by atoms with Gasteiger partial charge in [-0.25, -0.2) is 4.98 Å². The van der Waals surface area contributed by atoms with Crippen LogP contribution in [0.25, 0.3) is 0 Å². The Morgan fingerprint density at radius 1 is 1.60 bits per heavy atom. The summed E-state index contributed by atoms with van der Waals surface area (Å²) < 4.78 is 2.21. The van der Waals surface area contributed by atoms with Crippen molar-refractivity contribution in [2.75, 3.05) is 12.0 Å².